The molecule has 0 aliphatic carbocycles. The van der Waals surface area contributed by atoms with E-state index in [4.69, 9.17) is 9.84 Å². The lowest BCUT2D eigenvalue weighted by molar-refractivity contribution is -0.183. The van der Waals surface area contributed by atoms with Gasteiger partial charge in [-0.3, -0.25) is 4.79 Å². The molecule has 0 aromatic carbocycles. The average Bonchev–Trinajstić information content (AvgIpc) is 2.12. The number of aliphatic hydroxyl groups excluding tert-OH is 2. The first-order valence-corrected chi connectivity index (χ1v) is 4.41. The molecule has 86 valence electrons. The van der Waals surface area contributed by atoms with Crippen LogP contribution in [0, 0.1) is 0 Å². The number of carbonyl (C=O) groups excluding carboxylic acids is 1. The maximum absolute atomic E-state index is 10.7. The number of carbonyl (C=O) groups is 2. The molecule has 1 fully saturated rings. The van der Waals surface area contributed by atoms with Crippen LogP contribution in [0.5, 0.6) is 0 Å². The van der Waals surface area contributed by atoms with E-state index in [1.165, 1.54) is 6.92 Å². The van der Waals surface area contributed by atoms with Crippen molar-refractivity contribution in [2.75, 3.05) is 6.61 Å². The van der Waals surface area contributed by atoms with Gasteiger partial charge in [-0.1, -0.05) is 0 Å². The molecule has 0 saturated carbocycles. The van der Waals surface area contributed by atoms with Gasteiger partial charge >= 0.3 is 5.97 Å². The van der Waals surface area contributed by atoms with Crippen molar-refractivity contribution < 1.29 is 29.6 Å². The highest BCUT2D eigenvalue weighted by Gasteiger charge is 2.42. The molecule has 0 spiro atoms. The summed E-state index contributed by atoms with van der Waals surface area (Å²) in [5.74, 6) is -1.73. The minimum absolute atomic E-state index is 0.144. The summed E-state index contributed by atoms with van der Waals surface area (Å²) in [7, 11) is 0. The van der Waals surface area contributed by atoms with Gasteiger partial charge in [0.2, 0.25) is 5.91 Å². The van der Waals surface area contributed by atoms with Gasteiger partial charge in [-0.2, -0.15) is 0 Å². The highest BCUT2D eigenvalue weighted by Crippen LogP contribution is 2.15. The molecule has 0 aromatic heterocycles. The Bertz CT molecular complexity index is 266. The van der Waals surface area contributed by atoms with Gasteiger partial charge < -0.3 is 25.4 Å². The van der Waals surface area contributed by atoms with Crippen LogP contribution in [0.25, 0.3) is 0 Å². The van der Waals surface area contributed by atoms with E-state index in [0.29, 0.717) is 0 Å². The van der Waals surface area contributed by atoms with Gasteiger partial charge in [0.05, 0.1) is 12.6 Å². The Morgan fingerprint density at radius 3 is 2.40 bits per heavy atom. The van der Waals surface area contributed by atoms with Gasteiger partial charge in [0.1, 0.15) is 12.2 Å². The quantitative estimate of drug-likeness (QED) is 0.415. The van der Waals surface area contributed by atoms with Crippen LogP contribution < -0.4 is 5.32 Å². The third-order valence-electron chi connectivity index (χ3n) is 2.16. The number of ether oxygens (including phenoxy) is 1. The van der Waals surface area contributed by atoms with Gasteiger partial charge in [0, 0.05) is 6.92 Å². The third-order valence-corrected chi connectivity index (χ3v) is 2.16. The van der Waals surface area contributed by atoms with E-state index in [2.05, 4.69) is 5.32 Å². The first kappa shape index (κ1) is 11.9. The molecule has 0 bridgehead atoms. The largest absolute Gasteiger partial charge is 0.479 e. The standard InChI is InChI=1S/C8H13NO6/c1-3(10)9-4-2-15-7(8(13)14)6(12)5(4)11/h4-7,11-12H,2H2,1H3,(H,9,10)(H,13,14)/t4-,5+,6-,7-/m0/s1. The summed E-state index contributed by atoms with van der Waals surface area (Å²) in [6, 6.07) is -0.784. The van der Waals surface area contributed by atoms with Crippen molar-refractivity contribution in [3.8, 4) is 0 Å². The number of hydrogen-bond acceptors (Lipinski definition) is 5. The molecule has 1 amide bonds. The number of amides is 1. The van der Waals surface area contributed by atoms with Crippen molar-refractivity contribution in [3.05, 3.63) is 0 Å². The van der Waals surface area contributed by atoms with E-state index in [0.717, 1.165) is 0 Å². The first-order chi connectivity index (χ1) is 6.93. The van der Waals surface area contributed by atoms with Crippen LogP contribution in [-0.4, -0.2) is 58.2 Å². The molecule has 0 unspecified atom stereocenters. The predicted octanol–water partition coefficient (Wildman–Crippen LogP) is -2.30. The Morgan fingerprint density at radius 1 is 1.33 bits per heavy atom. The average molecular weight is 219 g/mol. The van der Waals surface area contributed by atoms with E-state index in [1.54, 1.807) is 0 Å². The smallest absolute Gasteiger partial charge is 0.335 e. The van der Waals surface area contributed by atoms with Crippen LogP contribution in [0.4, 0.5) is 0 Å². The molecule has 1 saturated heterocycles. The van der Waals surface area contributed by atoms with E-state index < -0.39 is 30.3 Å². The Kier molecular flexibility index (Phi) is 3.61. The maximum atomic E-state index is 10.7. The minimum atomic E-state index is -1.55. The van der Waals surface area contributed by atoms with Gasteiger partial charge in [-0.25, -0.2) is 4.79 Å². The molecule has 1 rings (SSSR count). The van der Waals surface area contributed by atoms with Crippen LogP contribution in [0.1, 0.15) is 6.92 Å². The number of carboxylic acid groups (broad SMARTS) is 1. The number of aliphatic hydroxyl groups is 2. The Labute approximate surface area is 85.7 Å². The zero-order valence-corrected chi connectivity index (χ0v) is 8.08. The highest BCUT2D eigenvalue weighted by atomic mass is 16.5. The lowest BCUT2D eigenvalue weighted by atomic mass is 9.98. The lowest BCUT2D eigenvalue weighted by Gasteiger charge is -2.35. The molecule has 1 aliphatic heterocycles. The minimum Gasteiger partial charge on any atom is -0.479 e. The fourth-order valence-electron chi connectivity index (χ4n) is 1.43. The zero-order chi connectivity index (χ0) is 11.6. The molecule has 4 atom stereocenters. The topological polar surface area (TPSA) is 116 Å². The third kappa shape index (κ3) is 2.65. The zero-order valence-electron chi connectivity index (χ0n) is 8.08. The Morgan fingerprint density at radius 2 is 1.93 bits per heavy atom. The molecule has 1 aliphatic rings. The van der Waals surface area contributed by atoms with Crippen molar-refractivity contribution in [1.82, 2.24) is 5.32 Å². The molecule has 4 N–H and O–H groups in total. The SMILES string of the molecule is CC(=O)N[C@H]1CO[C@H](C(=O)O)[C@@H](O)[C@@H]1O. The van der Waals surface area contributed by atoms with Crippen molar-refractivity contribution in [3.63, 3.8) is 0 Å². The van der Waals surface area contributed by atoms with Crippen LogP contribution in [-0.2, 0) is 14.3 Å². The summed E-state index contributed by atoms with van der Waals surface area (Å²) in [6.07, 6.45) is -4.35. The summed E-state index contributed by atoms with van der Waals surface area (Å²) >= 11 is 0. The van der Waals surface area contributed by atoms with Crippen molar-refractivity contribution >= 4 is 11.9 Å². The van der Waals surface area contributed by atoms with E-state index >= 15 is 0 Å². The van der Waals surface area contributed by atoms with Crippen molar-refractivity contribution in [2.45, 2.75) is 31.3 Å². The summed E-state index contributed by atoms with van der Waals surface area (Å²) in [4.78, 5) is 21.3. The molecule has 7 heteroatoms. The van der Waals surface area contributed by atoms with Crippen LogP contribution in [0.15, 0.2) is 0 Å². The van der Waals surface area contributed by atoms with E-state index in [1.807, 2.05) is 0 Å². The first-order valence-electron chi connectivity index (χ1n) is 4.41. The number of carboxylic acids is 1. The lowest BCUT2D eigenvalue weighted by Crippen LogP contribution is -2.60. The predicted molar refractivity (Wildman–Crippen MR) is 47.0 cm³/mol. The summed E-state index contributed by atoms with van der Waals surface area (Å²) < 4.78 is 4.81. The molecule has 0 radical (unpaired) electrons. The second-order valence-corrected chi connectivity index (χ2v) is 3.38. The maximum Gasteiger partial charge on any atom is 0.335 e. The number of hydrogen-bond donors (Lipinski definition) is 4. The van der Waals surface area contributed by atoms with Crippen molar-refractivity contribution in [2.24, 2.45) is 0 Å². The molecular formula is C8H13NO6. The second-order valence-electron chi connectivity index (χ2n) is 3.38. The molecule has 1 heterocycles. The molecule has 7 nitrogen and oxygen atoms in total. The van der Waals surface area contributed by atoms with Crippen LogP contribution in [0.2, 0.25) is 0 Å². The Balaban J connectivity index is 2.64. The highest BCUT2D eigenvalue weighted by molar-refractivity contribution is 5.74. The van der Waals surface area contributed by atoms with Crippen molar-refractivity contribution in [1.29, 1.82) is 0 Å². The molecular weight excluding hydrogens is 206 g/mol. The molecule has 15 heavy (non-hydrogen) atoms. The van der Waals surface area contributed by atoms with Gasteiger partial charge in [-0.15, -0.1) is 0 Å². The van der Waals surface area contributed by atoms with E-state index in [-0.39, 0.29) is 12.5 Å². The summed E-state index contributed by atoms with van der Waals surface area (Å²) in [5.41, 5.74) is 0. The monoisotopic (exact) mass is 219 g/mol. The van der Waals surface area contributed by atoms with Crippen LogP contribution >= 0.6 is 0 Å². The number of rotatable bonds is 2. The molecule has 0 aromatic rings. The summed E-state index contributed by atoms with van der Waals surface area (Å²) in [6.45, 7) is 1.11. The Hall–Kier alpha value is -1.18. The van der Waals surface area contributed by atoms with Gasteiger partial charge in [-0.05, 0) is 0 Å². The van der Waals surface area contributed by atoms with Crippen LogP contribution in [0.3, 0.4) is 0 Å². The second kappa shape index (κ2) is 4.56. The summed E-state index contributed by atoms with van der Waals surface area (Å²) in [5, 5.41) is 29.8. The normalized spacial score (nSPS) is 35.9. The number of nitrogens with one attached hydrogen (secondary N) is 1. The fourth-order valence-corrected chi connectivity index (χ4v) is 1.43. The van der Waals surface area contributed by atoms with Gasteiger partial charge in [0.25, 0.3) is 0 Å². The van der Waals surface area contributed by atoms with Gasteiger partial charge in [0.15, 0.2) is 6.10 Å². The fraction of sp³-hybridized carbons (Fsp3) is 0.750. The van der Waals surface area contributed by atoms with E-state index in [9.17, 15) is 19.8 Å². The number of aliphatic carboxylic acids is 1.